The van der Waals surface area contributed by atoms with Crippen LogP contribution in [-0.2, 0) is 11.2 Å². The highest BCUT2D eigenvalue weighted by atomic mass is 35.5. The van der Waals surface area contributed by atoms with Gasteiger partial charge < -0.3 is 19.9 Å². The predicted molar refractivity (Wildman–Crippen MR) is 129 cm³/mol. The zero-order valence-corrected chi connectivity index (χ0v) is 19.7. The maximum Gasteiger partial charge on any atom is 0.326 e. The van der Waals surface area contributed by atoms with Gasteiger partial charge in [-0.1, -0.05) is 59.6 Å². The van der Waals surface area contributed by atoms with E-state index in [1.54, 1.807) is 48.5 Å². The van der Waals surface area contributed by atoms with E-state index in [2.05, 4.69) is 5.32 Å². The van der Waals surface area contributed by atoms with Crippen LogP contribution in [0.4, 0.5) is 4.39 Å². The second-order valence-electron chi connectivity index (χ2n) is 7.23. The smallest absolute Gasteiger partial charge is 0.326 e. The Kier molecular flexibility index (Phi) is 8.73. The molecular weight excluding hydrogens is 484 g/mol. The number of benzene rings is 3. The van der Waals surface area contributed by atoms with Gasteiger partial charge in [-0.2, -0.15) is 0 Å². The van der Waals surface area contributed by atoms with Gasteiger partial charge in [0.2, 0.25) is 0 Å². The lowest BCUT2D eigenvalue weighted by Crippen LogP contribution is -2.42. The predicted octanol–water partition coefficient (Wildman–Crippen LogP) is 5.44. The van der Waals surface area contributed by atoms with E-state index in [1.807, 2.05) is 0 Å². The first-order chi connectivity index (χ1) is 16.3. The molecule has 0 unspecified atom stereocenters. The molecule has 178 valence electrons. The molecule has 6 nitrogen and oxygen atoms in total. The summed E-state index contributed by atoms with van der Waals surface area (Å²) in [6.45, 7) is -0.717. The molecule has 0 fully saturated rings. The van der Waals surface area contributed by atoms with Crippen molar-refractivity contribution in [1.82, 2.24) is 5.32 Å². The Balaban J connectivity index is 1.82. The Hall–Kier alpha value is -3.29. The number of ether oxygens (including phenoxy) is 2. The first kappa shape index (κ1) is 25.3. The standard InChI is InChI=1S/C25H22Cl2FNO5/c1-33-20-6-3-7-21(34-13-12-28)22(20)16-10-8-15(9-11-16)14-19(25(31)32)29-24(30)23-17(26)4-2-5-18(23)27/h2-11,19H,12-14H2,1H3,(H,29,30)(H,31,32)/t19-/m0/s1. The molecule has 3 rings (SSSR count). The number of methoxy groups -OCH3 is 1. The second kappa shape index (κ2) is 11.7. The minimum atomic E-state index is -1.21. The van der Waals surface area contributed by atoms with E-state index in [0.717, 1.165) is 5.56 Å². The number of carbonyl (C=O) groups excluding carboxylic acids is 1. The molecule has 3 aromatic carbocycles. The van der Waals surface area contributed by atoms with Gasteiger partial charge in [-0.25, -0.2) is 9.18 Å². The lowest BCUT2D eigenvalue weighted by molar-refractivity contribution is -0.139. The molecule has 3 aromatic rings. The molecule has 1 amide bonds. The lowest BCUT2D eigenvalue weighted by atomic mass is 9.99. The van der Waals surface area contributed by atoms with Crippen LogP contribution in [0.2, 0.25) is 10.0 Å². The van der Waals surface area contributed by atoms with Gasteiger partial charge in [0.05, 0.1) is 28.3 Å². The number of halogens is 3. The lowest BCUT2D eigenvalue weighted by Gasteiger charge is -2.17. The number of carboxylic acids is 1. The van der Waals surface area contributed by atoms with Crippen molar-refractivity contribution < 1.29 is 28.6 Å². The van der Waals surface area contributed by atoms with Crippen molar-refractivity contribution in [2.75, 3.05) is 20.4 Å². The molecule has 0 saturated heterocycles. The highest BCUT2D eigenvalue weighted by Crippen LogP contribution is 2.38. The second-order valence-corrected chi connectivity index (χ2v) is 8.05. The Labute approximate surface area is 206 Å². The molecule has 34 heavy (non-hydrogen) atoms. The Bertz CT molecular complexity index is 1150. The zero-order valence-electron chi connectivity index (χ0n) is 18.2. The van der Waals surface area contributed by atoms with Gasteiger partial charge in [-0.05, 0) is 35.4 Å². The van der Waals surface area contributed by atoms with Crippen LogP contribution in [0.3, 0.4) is 0 Å². The van der Waals surface area contributed by atoms with Gasteiger partial charge in [0.1, 0.15) is 30.8 Å². The summed E-state index contributed by atoms with van der Waals surface area (Å²) in [4.78, 5) is 24.4. The molecule has 0 aliphatic carbocycles. The summed E-state index contributed by atoms with van der Waals surface area (Å²) in [5, 5.41) is 12.4. The number of aliphatic carboxylic acids is 1. The molecule has 0 radical (unpaired) electrons. The average Bonchev–Trinajstić information content (AvgIpc) is 2.82. The number of alkyl halides is 1. The number of hydrogen-bond acceptors (Lipinski definition) is 4. The van der Waals surface area contributed by atoms with Gasteiger partial charge in [0, 0.05) is 6.42 Å². The van der Waals surface area contributed by atoms with Crippen molar-refractivity contribution in [3.8, 4) is 22.6 Å². The Morgan fingerprint density at radius 2 is 1.62 bits per heavy atom. The molecule has 0 aliphatic rings. The summed E-state index contributed by atoms with van der Waals surface area (Å²) in [6, 6.07) is 15.7. The first-order valence-electron chi connectivity index (χ1n) is 10.3. The van der Waals surface area contributed by atoms with E-state index in [0.29, 0.717) is 22.6 Å². The molecule has 0 heterocycles. The third-order valence-corrected chi connectivity index (χ3v) is 5.65. The van der Waals surface area contributed by atoms with Crippen LogP contribution in [0.25, 0.3) is 11.1 Å². The van der Waals surface area contributed by atoms with Crippen LogP contribution < -0.4 is 14.8 Å². The molecule has 0 saturated carbocycles. The quantitative estimate of drug-likeness (QED) is 0.383. The molecule has 9 heteroatoms. The monoisotopic (exact) mass is 505 g/mol. The average molecular weight is 506 g/mol. The van der Waals surface area contributed by atoms with Crippen molar-refractivity contribution in [1.29, 1.82) is 0 Å². The minimum Gasteiger partial charge on any atom is -0.496 e. The van der Waals surface area contributed by atoms with Gasteiger partial charge in [0.15, 0.2) is 0 Å². The number of rotatable bonds is 10. The Morgan fingerprint density at radius 1 is 1.00 bits per heavy atom. The molecule has 0 aromatic heterocycles. The summed E-state index contributed by atoms with van der Waals surface area (Å²) in [6.07, 6.45) is 0.0283. The maximum atomic E-state index is 12.6. The topological polar surface area (TPSA) is 84.9 Å². The van der Waals surface area contributed by atoms with Gasteiger partial charge in [0.25, 0.3) is 5.91 Å². The van der Waals surface area contributed by atoms with E-state index in [4.69, 9.17) is 32.7 Å². The van der Waals surface area contributed by atoms with Gasteiger partial charge in [-0.15, -0.1) is 0 Å². The third kappa shape index (κ3) is 5.98. The Morgan fingerprint density at radius 3 is 2.21 bits per heavy atom. The number of hydrogen-bond donors (Lipinski definition) is 2. The summed E-state index contributed by atoms with van der Waals surface area (Å²) < 4.78 is 23.6. The largest absolute Gasteiger partial charge is 0.496 e. The number of nitrogens with one attached hydrogen (secondary N) is 1. The van der Waals surface area contributed by atoms with E-state index in [9.17, 15) is 19.1 Å². The normalized spacial score (nSPS) is 11.5. The minimum absolute atomic E-state index is 0.0180. The highest BCUT2D eigenvalue weighted by Gasteiger charge is 2.24. The molecule has 0 aliphatic heterocycles. The van der Waals surface area contributed by atoms with Crippen LogP contribution in [0.1, 0.15) is 15.9 Å². The summed E-state index contributed by atoms with van der Waals surface area (Å²) in [5.41, 5.74) is 2.09. The van der Waals surface area contributed by atoms with Crippen LogP contribution in [0, 0.1) is 0 Å². The molecule has 0 bridgehead atoms. The maximum absolute atomic E-state index is 12.6. The van der Waals surface area contributed by atoms with Crippen LogP contribution in [0.15, 0.2) is 60.7 Å². The summed E-state index contributed by atoms with van der Waals surface area (Å²) >= 11 is 12.1. The van der Waals surface area contributed by atoms with Crippen molar-refractivity contribution in [3.05, 3.63) is 81.8 Å². The van der Waals surface area contributed by atoms with E-state index in [1.165, 1.54) is 19.2 Å². The van der Waals surface area contributed by atoms with E-state index in [-0.39, 0.29) is 28.6 Å². The summed E-state index contributed by atoms with van der Waals surface area (Å²) in [5.74, 6) is -0.857. The molecule has 2 N–H and O–H groups in total. The van der Waals surface area contributed by atoms with Crippen molar-refractivity contribution in [2.45, 2.75) is 12.5 Å². The fraction of sp³-hybridized carbons (Fsp3) is 0.200. The van der Waals surface area contributed by atoms with Gasteiger partial charge >= 0.3 is 5.97 Å². The van der Waals surface area contributed by atoms with E-state index >= 15 is 0 Å². The third-order valence-electron chi connectivity index (χ3n) is 5.02. The fourth-order valence-corrected chi connectivity index (χ4v) is 3.99. The van der Waals surface area contributed by atoms with Crippen molar-refractivity contribution in [2.24, 2.45) is 0 Å². The zero-order chi connectivity index (χ0) is 24.7. The summed E-state index contributed by atoms with van der Waals surface area (Å²) in [7, 11) is 1.53. The van der Waals surface area contributed by atoms with E-state index < -0.39 is 24.6 Å². The molecular formula is C25H22Cl2FNO5. The SMILES string of the molecule is COc1cccc(OCCF)c1-c1ccc(C[C@H](NC(=O)c2c(Cl)cccc2Cl)C(=O)O)cc1. The number of amides is 1. The van der Waals surface area contributed by atoms with Crippen LogP contribution in [0.5, 0.6) is 11.5 Å². The fourth-order valence-electron chi connectivity index (χ4n) is 3.42. The molecule has 1 atom stereocenters. The first-order valence-corrected chi connectivity index (χ1v) is 11.0. The van der Waals surface area contributed by atoms with Crippen molar-refractivity contribution >= 4 is 35.1 Å². The van der Waals surface area contributed by atoms with Crippen LogP contribution in [-0.4, -0.2) is 43.4 Å². The van der Waals surface area contributed by atoms with Crippen molar-refractivity contribution in [3.63, 3.8) is 0 Å². The number of carboxylic acid groups (broad SMARTS) is 1. The highest BCUT2D eigenvalue weighted by molar-refractivity contribution is 6.39. The van der Waals surface area contributed by atoms with Gasteiger partial charge in [-0.3, -0.25) is 4.79 Å². The number of carbonyl (C=O) groups is 2. The van der Waals surface area contributed by atoms with Crippen LogP contribution >= 0.6 is 23.2 Å². The molecule has 0 spiro atoms.